The van der Waals surface area contributed by atoms with Crippen LogP contribution < -0.4 is 5.56 Å². The second kappa shape index (κ2) is 4.58. The molecule has 0 bridgehead atoms. The summed E-state index contributed by atoms with van der Waals surface area (Å²) in [6.07, 6.45) is 1.97. The maximum atomic E-state index is 11.4. The van der Waals surface area contributed by atoms with Crippen LogP contribution in [0, 0.1) is 6.92 Å². The molecule has 0 amide bonds. The Morgan fingerprint density at radius 1 is 1.12 bits per heavy atom. The summed E-state index contributed by atoms with van der Waals surface area (Å²) < 4.78 is 0. The molecule has 3 heteroatoms. The summed E-state index contributed by atoms with van der Waals surface area (Å²) >= 11 is 1.57. The van der Waals surface area contributed by atoms with Gasteiger partial charge in [0.15, 0.2) is 0 Å². The fourth-order valence-electron chi connectivity index (χ4n) is 1.52. The standard InChI is InChI=1S/C13H13NOS/c1-9-3-5-10(6-4-9)12-7-11(16-2)8-13(15)14-12/h3-8H,1-2H3,(H,14,15). The predicted molar refractivity (Wildman–Crippen MR) is 69.0 cm³/mol. The number of aromatic amines is 1. The largest absolute Gasteiger partial charge is 0.322 e. The topological polar surface area (TPSA) is 32.9 Å². The highest BCUT2D eigenvalue weighted by atomic mass is 32.2. The van der Waals surface area contributed by atoms with Crippen LogP contribution in [-0.4, -0.2) is 11.2 Å². The van der Waals surface area contributed by atoms with Gasteiger partial charge in [0.25, 0.3) is 0 Å². The number of H-pyrrole nitrogens is 1. The number of thioether (sulfide) groups is 1. The fraction of sp³-hybridized carbons (Fsp3) is 0.154. The quantitative estimate of drug-likeness (QED) is 0.806. The van der Waals surface area contributed by atoms with Crippen LogP contribution >= 0.6 is 11.8 Å². The molecule has 0 radical (unpaired) electrons. The van der Waals surface area contributed by atoms with Gasteiger partial charge >= 0.3 is 0 Å². The maximum Gasteiger partial charge on any atom is 0.249 e. The molecule has 1 aromatic carbocycles. The van der Waals surface area contributed by atoms with Gasteiger partial charge < -0.3 is 4.98 Å². The molecule has 0 saturated carbocycles. The van der Waals surface area contributed by atoms with E-state index in [9.17, 15) is 4.79 Å². The van der Waals surface area contributed by atoms with Crippen molar-refractivity contribution in [1.29, 1.82) is 0 Å². The van der Waals surface area contributed by atoms with E-state index < -0.39 is 0 Å². The molecule has 0 fully saturated rings. The number of rotatable bonds is 2. The third kappa shape index (κ3) is 2.36. The summed E-state index contributed by atoms with van der Waals surface area (Å²) in [7, 11) is 0. The van der Waals surface area contributed by atoms with E-state index in [4.69, 9.17) is 0 Å². The van der Waals surface area contributed by atoms with Crippen LogP contribution in [0.15, 0.2) is 46.1 Å². The average Bonchev–Trinajstić information content (AvgIpc) is 2.29. The molecule has 0 spiro atoms. The van der Waals surface area contributed by atoms with Crippen molar-refractivity contribution in [3.05, 3.63) is 52.3 Å². The minimum atomic E-state index is -0.0533. The summed E-state index contributed by atoms with van der Waals surface area (Å²) in [6.45, 7) is 2.05. The van der Waals surface area contributed by atoms with Gasteiger partial charge in [-0.2, -0.15) is 0 Å². The molecule has 2 aromatic rings. The normalized spacial score (nSPS) is 10.4. The van der Waals surface area contributed by atoms with Crippen molar-refractivity contribution < 1.29 is 0 Å². The number of hydrogen-bond acceptors (Lipinski definition) is 2. The Balaban J connectivity index is 2.51. The summed E-state index contributed by atoms with van der Waals surface area (Å²) in [5.41, 5.74) is 3.07. The van der Waals surface area contributed by atoms with Gasteiger partial charge in [-0.15, -0.1) is 11.8 Å². The minimum absolute atomic E-state index is 0.0533. The van der Waals surface area contributed by atoms with Crippen molar-refractivity contribution in [2.24, 2.45) is 0 Å². The van der Waals surface area contributed by atoms with Crippen molar-refractivity contribution in [2.45, 2.75) is 11.8 Å². The van der Waals surface area contributed by atoms with Gasteiger partial charge in [0.2, 0.25) is 5.56 Å². The molecule has 0 aliphatic carbocycles. The van der Waals surface area contributed by atoms with Crippen LogP contribution in [0.1, 0.15) is 5.56 Å². The maximum absolute atomic E-state index is 11.4. The number of aromatic nitrogens is 1. The van der Waals surface area contributed by atoms with E-state index in [2.05, 4.69) is 4.98 Å². The first-order valence-electron chi connectivity index (χ1n) is 5.04. The van der Waals surface area contributed by atoms with Crippen molar-refractivity contribution in [1.82, 2.24) is 4.98 Å². The Morgan fingerprint density at radius 2 is 1.81 bits per heavy atom. The third-order valence-corrected chi connectivity index (χ3v) is 3.12. The van der Waals surface area contributed by atoms with Gasteiger partial charge in [-0.3, -0.25) is 4.79 Å². The molecule has 1 N–H and O–H groups in total. The number of hydrogen-bond donors (Lipinski definition) is 1. The van der Waals surface area contributed by atoms with Crippen LogP contribution in [0.4, 0.5) is 0 Å². The third-order valence-electron chi connectivity index (χ3n) is 2.42. The zero-order valence-corrected chi connectivity index (χ0v) is 10.1. The summed E-state index contributed by atoms with van der Waals surface area (Å²) in [5.74, 6) is 0. The van der Waals surface area contributed by atoms with E-state index >= 15 is 0 Å². The fourth-order valence-corrected chi connectivity index (χ4v) is 1.99. The van der Waals surface area contributed by atoms with Crippen molar-refractivity contribution in [3.8, 4) is 11.3 Å². The van der Waals surface area contributed by atoms with E-state index in [0.717, 1.165) is 16.2 Å². The first-order valence-corrected chi connectivity index (χ1v) is 6.27. The highest BCUT2D eigenvalue weighted by molar-refractivity contribution is 7.98. The van der Waals surface area contributed by atoms with E-state index in [-0.39, 0.29) is 5.56 Å². The van der Waals surface area contributed by atoms with E-state index in [1.165, 1.54) is 5.56 Å². The summed E-state index contributed by atoms with van der Waals surface area (Å²) in [5, 5.41) is 0. The lowest BCUT2D eigenvalue weighted by Gasteiger charge is -2.04. The van der Waals surface area contributed by atoms with Crippen molar-refractivity contribution in [2.75, 3.05) is 6.26 Å². The molecule has 82 valence electrons. The van der Waals surface area contributed by atoms with Gasteiger partial charge in [0, 0.05) is 16.7 Å². The highest BCUT2D eigenvalue weighted by Gasteiger charge is 2.01. The van der Waals surface area contributed by atoms with Gasteiger partial charge in [-0.25, -0.2) is 0 Å². The van der Waals surface area contributed by atoms with Crippen molar-refractivity contribution in [3.63, 3.8) is 0 Å². The number of aryl methyl sites for hydroxylation is 1. The first-order chi connectivity index (χ1) is 7.69. The highest BCUT2D eigenvalue weighted by Crippen LogP contribution is 2.20. The SMILES string of the molecule is CSc1cc(-c2ccc(C)cc2)[nH]c(=O)c1. The van der Waals surface area contributed by atoms with E-state index in [0.29, 0.717) is 0 Å². The van der Waals surface area contributed by atoms with E-state index in [1.807, 2.05) is 43.5 Å². The summed E-state index contributed by atoms with van der Waals surface area (Å²) in [6, 6.07) is 11.7. The van der Waals surface area contributed by atoms with E-state index in [1.54, 1.807) is 17.8 Å². The smallest absolute Gasteiger partial charge is 0.249 e. The van der Waals surface area contributed by atoms with Crippen LogP contribution in [0.25, 0.3) is 11.3 Å². The van der Waals surface area contributed by atoms with Gasteiger partial charge in [-0.05, 0) is 24.8 Å². The molecule has 0 aliphatic heterocycles. The Hall–Kier alpha value is -1.48. The van der Waals surface area contributed by atoms with Gasteiger partial charge in [-0.1, -0.05) is 29.8 Å². The molecule has 0 atom stereocenters. The van der Waals surface area contributed by atoms with Gasteiger partial charge in [0.05, 0.1) is 0 Å². The van der Waals surface area contributed by atoms with Crippen LogP contribution in [0.2, 0.25) is 0 Å². The minimum Gasteiger partial charge on any atom is -0.322 e. The predicted octanol–water partition coefficient (Wildman–Crippen LogP) is 3.07. The molecule has 1 aromatic heterocycles. The Bertz CT molecular complexity index is 543. The molecule has 2 rings (SSSR count). The zero-order chi connectivity index (χ0) is 11.5. The van der Waals surface area contributed by atoms with Crippen LogP contribution in [0.3, 0.4) is 0 Å². The molecule has 0 saturated heterocycles. The molecule has 16 heavy (non-hydrogen) atoms. The Morgan fingerprint density at radius 3 is 2.44 bits per heavy atom. The lowest BCUT2D eigenvalue weighted by Crippen LogP contribution is -2.05. The summed E-state index contributed by atoms with van der Waals surface area (Å²) in [4.78, 5) is 15.3. The lowest BCUT2D eigenvalue weighted by atomic mass is 10.1. The Labute approximate surface area is 98.7 Å². The van der Waals surface area contributed by atoms with Crippen molar-refractivity contribution >= 4 is 11.8 Å². The van der Waals surface area contributed by atoms with Crippen LogP contribution in [-0.2, 0) is 0 Å². The number of nitrogens with one attached hydrogen (secondary N) is 1. The lowest BCUT2D eigenvalue weighted by molar-refractivity contribution is 1.19. The molecule has 2 nitrogen and oxygen atoms in total. The monoisotopic (exact) mass is 231 g/mol. The second-order valence-electron chi connectivity index (χ2n) is 3.66. The molecule has 0 unspecified atom stereocenters. The van der Waals surface area contributed by atoms with Gasteiger partial charge in [0.1, 0.15) is 0 Å². The second-order valence-corrected chi connectivity index (χ2v) is 4.54. The number of pyridine rings is 1. The first kappa shape index (κ1) is 11.0. The molecular weight excluding hydrogens is 218 g/mol. The number of benzene rings is 1. The zero-order valence-electron chi connectivity index (χ0n) is 9.28. The Kier molecular flexibility index (Phi) is 3.15. The average molecular weight is 231 g/mol. The molecule has 1 heterocycles. The van der Waals surface area contributed by atoms with Crippen LogP contribution in [0.5, 0.6) is 0 Å². The molecular formula is C13H13NOS. The molecule has 0 aliphatic rings.